The van der Waals surface area contributed by atoms with Crippen LogP contribution >= 0.6 is 0 Å². The van der Waals surface area contributed by atoms with Crippen LogP contribution in [0.25, 0.3) is 0 Å². The third-order valence-corrected chi connectivity index (χ3v) is 4.60. The maximum atomic E-state index is 11.3. The fourth-order valence-electron chi connectivity index (χ4n) is 2.81. The van der Waals surface area contributed by atoms with Crippen LogP contribution in [-0.4, -0.2) is 52.0 Å². The molecule has 0 radical (unpaired) electrons. The molecule has 6 heteroatoms. The van der Waals surface area contributed by atoms with Crippen molar-refractivity contribution in [3.63, 3.8) is 0 Å². The number of carboxylic acid groups (broad SMARTS) is 1. The summed E-state index contributed by atoms with van der Waals surface area (Å²) in [7, 11) is 0. The van der Waals surface area contributed by atoms with Crippen molar-refractivity contribution in [3.05, 3.63) is 0 Å². The van der Waals surface area contributed by atoms with Crippen LogP contribution in [-0.2, 0) is 14.3 Å². The van der Waals surface area contributed by atoms with E-state index in [1.54, 1.807) is 20.8 Å². The molecule has 22 heavy (non-hydrogen) atoms. The van der Waals surface area contributed by atoms with E-state index < -0.39 is 41.4 Å². The fourth-order valence-corrected chi connectivity index (χ4v) is 2.81. The Kier molecular flexibility index (Phi) is 6.01. The van der Waals surface area contributed by atoms with Crippen LogP contribution < -0.4 is 0 Å². The number of aliphatic carboxylic acids is 1. The highest BCUT2D eigenvalue weighted by Crippen LogP contribution is 2.38. The van der Waals surface area contributed by atoms with Crippen LogP contribution in [0.15, 0.2) is 0 Å². The highest BCUT2D eigenvalue weighted by Gasteiger charge is 2.41. The zero-order valence-electron chi connectivity index (χ0n) is 14.4. The molecule has 1 aliphatic heterocycles. The Hall–Kier alpha value is -0.690. The van der Waals surface area contributed by atoms with Gasteiger partial charge in [-0.3, -0.25) is 4.79 Å². The van der Waals surface area contributed by atoms with E-state index in [-0.39, 0.29) is 12.5 Å². The van der Waals surface area contributed by atoms with Gasteiger partial charge in [0.1, 0.15) is 6.10 Å². The summed E-state index contributed by atoms with van der Waals surface area (Å²) in [5.41, 5.74) is -1.28. The molecule has 130 valence electrons. The molecule has 0 aromatic rings. The van der Waals surface area contributed by atoms with Gasteiger partial charge in [0.25, 0.3) is 0 Å². The molecule has 1 saturated heterocycles. The summed E-state index contributed by atoms with van der Waals surface area (Å²) in [6, 6.07) is 0. The number of hydrogen-bond acceptors (Lipinski definition) is 5. The molecule has 0 spiro atoms. The summed E-state index contributed by atoms with van der Waals surface area (Å²) >= 11 is 0. The van der Waals surface area contributed by atoms with E-state index in [1.807, 2.05) is 20.8 Å². The Morgan fingerprint density at radius 3 is 2.32 bits per heavy atom. The van der Waals surface area contributed by atoms with E-state index >= 15 is 0 Å². The topological polar surface area (TPSA) is 96.2 Å². The lowest BCUT2D eigenvalue weighted by molar-refractivity contribution is -0.284. The summed E-state index contributed by atoms with van der Waals surface area (Å²) in [5, 5.41) is 28.9. The monoisotopic (exact) mass is 318 g/mol. The average Bonchev–Trinajstić information content (AvgIpc) is 2.34. The first-order valence-electron chi connectivity index (χ1n) is 7.77. The smallest absolute Gasteiger partial charge is 0.309 e. The van der Waals surface area contributed by atoms with Crippen molar-refractivity contribution in [1.29, 1.82) is 0 Å². The van der Waals surface area contributed by atoms with Crippen LogP contribution in [0.1, 0.15) is 54.4 Å². The number of carboxylic acids is 1. The van der Waals surface area contributed by atoms with Crippen LogP contribution in [0.5, 0.6) is 0 Å². The quantitative estimate of drug-likeness (QED) is 0.691. The van der Waals surface area contributed by atoms with Crippen LogP contribution in [0.3, 0.4) is 0 Å². The van der Waals surface area contributed by atoms with Crippen molar-refractivity contribution in [2.24, 2.45) is 10.8 Å². The van der Waals surface area contributed by atoms with Gasteiger partial charge in [0.15, 0.2) is 6.29 Å². The first-order valence-corrected chi connectivity index (χ1v) is 7.77. The molecule has 0 aromatic heterocycles. The second-order valence-corrected chi connectivity index (χ2v) is 7.71. The third kappa shape index (κ3) is 4.65. The number of rotatable bonds is 6. The van der Waals surface area contributed by atoms with Gasteiger partial charge < -0.3 is 24.8 Å². The zero-order valence-corrected chi connectivity index (χ0v) is 14.4. The van der Waals surface area contributed by atoms with Gasteiger partial charge in [-0.15, -0.1) is 0 Å². The molecular formula is C16H30O6. The Balaban J connectivity index is 2.70. The maximum absolute atomic E-state index is 11.3. The largest absolute Gasteiger partial charge is 0.481 e. The first kappa shape index (κ1) is 19.4. The molecule has 5 atom stereocenters. The Morgan fingerprint density at radius 2 is 1.82 bits per heavy atom. The standard InChI is InChI=1S/C16H30O6/c1-9-11(17)7-12(18)13(21-9)22-10(2)15(3,4)8-16(5,6)14(19)20/h9-13,17-18H,7-8H2,1-6H3,(H,19,20). The van der Waals surface area contributed by atoms with Crippen molar-refractivity contribution in [2.75, 3.05) is 0 Å². The second kappa shape index (κ2) is 6.83. The third-order valence-electron chi connectivity index (χ3n) is 4.60. The van der Waals surface area contributed by atoms with Gasteiger partial charge in [0.05, 0.1) is 23.7 Å². The Bertz CT molecular complexity index is 392. The minimum Gasteiger partial charge on any atom is -0.481 e. The van der Waals surface area contributed by atoms with Crippen molar-refractivity contribution >= 4 is 5.97 Å². The summed E-state index contributed by atoms with van der Waals surface area (Å²) in [5.74, 6) is -0.849. The molecule has 6 nitrogen and oxygen atoms in total. The zero-order chi connectivity index (χ0) is 17.3. The lowest BCUT2D eigenvalue weighted by atomic mass is 9.72. The van der Waals surface area contributed by atoms with Crippen LogP contribution in [0.2, 0.25) is 0 Å². The molecule has 0 saturated carbocycles. The minimum absolute atomic E-state index is 0.208. The maximum Gasteiger partial charge on any atom is 0.309 e. The molecule has 5 unspecified atom stereocenters. The van der Waals surface area contributed by atoms with Gasteiger partial charge in [0.2, 0.25) is 0 Å². The highest BCUT2D eigenvalue weighted by atomic mass is 16.7. The number of aliphatic hydroxyl groups is 2. The molecule has 0 bridgehead atoms. The van der Waals surface area contributed by atoms with Gasteiger partial charge >= 0.3 is 5.97 Å². The van der Waals surface area contributed by atoms with Gasteiger partial charge in [-0.25, -0.2) is 0 Å². The number of carbonyl (C=O) groups is 1. The lowest BCUT2D eigenvalue weighted by Crippen LogP contribution is -2.50. The van der Waals surface area contributed by atoms with Gasteiger partial charge in [-0.1, -0.05) is 13.8 Å². The van der Waals surface area contributed by atoms with Crippen molar-refractivity contribution in [2.45, 2.75) is 85.1 Å². The van der Waals surface area contributed by atoms with E-state index in [2.05, 4.69) is 0 Å². The molecule has 0 aromatic carbocycles. The number of aliphatic hydroxyl groups excluding tert-OH is 2. The molecular weight excluding hydrogens is 288 g/mol. The molecule has 1 aliphatic rings. The molecule has 1 heterocycles. The molecule has 1 rings (SSSR count). The molecule has 0 aliphatic carbocycles. The van der Waals surface area contributed by atoms with E-state index in [0.717, 1.165) is 0 Å². The minimum atomic E-state index is -0.892. The fraction of sp³-hybridized carbons (Fsp3) is 0.938. The molecule has 3 N–H and O–H groups in total. The van der Waals surface area contributed by atoms with Crippen LogP contribution in [0, 0.1) is 10.8 Å². The van der Waals surface area contributed by atoms with Gasteiger partial charge in [-0.2, -0.15) is 0 Å². The van der Waals surface area contributed by atoms with Gasteiger partial charge in [-0.05, 0) is 39.5 Å². The van der Waals surface area contributed by atoms with E-state index in [9.17, 15) is 20.1 Å². The first-order chi connectivity index (χ1) is 9.86. The normalized spacial score (nSPS) is 31.8. The number of ether oxygens (including phenoxy) is 2. The van der Waals surface area contributed by atoms with Crippen molar-refractivity contribution in [3.8, 4) is 0 Å². The predicted molar refractivity (Wildman–Crippen MR) is 81.3 cm³/mol. The Labute approximate surface area is 132 Å². The highest BCUT2D eigenvalue weighted by molar-refractivity contribution is 5.73. The van der Waals surface area contributed by atoms with E-state index in [4.69, 9.17) is 9.47 Å². The Morgan fingerprint density at radius 1 is 1.27 bits per heavy atom. The second-order valence-electron chi connectivity index (χ2n) is 7.71. The van der Waals surface area contributed by atoms with Gasteiger partial charge in [0, 0.05) is 6.42 Å². The number of hydrogen-bond donors (Lipinski definition) is 3. The van der Waals surface area contributed by atoms with Crippen molar-refractivity contribution < 1.29 is 29.6 Å². The summed E-state index contributed by atoms with van der Waals surface area (Å²) in [4.78, 5) is 11.3. The van der Waals surface area contributed by atoms with E-state index in [1.165, 1.54) is 0 Å². The summed E-state index contributed by atoms with van der Waals surface area (Å²) < 4.78 is 11.4. The average molecular weight is 318 g/mol. The SMILES string of the molecule is CC1OC(OC(C)C(C)(C)CC(C)(C)C(=O)O)C(O)CC1O. The van der Waals surface area contributed by atoms with Crippen LogP contribution in [0.4, 0.5) is 0 Å². The summed E-state index contributed by atoms with van der Waals surface area (Å²) in [6.45, 7) is 10.8. The molecule has 0 amide bonds. The predicted octanol–water partition coefficient (Wildman–Crippen LogP) is 1.78. The molecule has 1 fully saturated rings. The van der Waals surface area contributed by atoms with E-state index in [0.29, 0.717) is 6.42 Å². The lowest BCUT2D eigenvalue weighted by Gasteiger charge is -2.41. The van der Waals surface area contributed by atoms with Crippen molar-refractivity contribution in [1.82, 2.24) is 0 Å². The summed E-state index contributed by atoms with van der Waals surface area (Å²) in [6.07, 6.45) is -2.48.